The minimum Gasteiger partial charge on any atom is -0.493 e. The predicted octanol–water partition coefficient (Wildman–Crippen LogP) is 1.68. The number of amides is 3. The molecule has 9 heteroatoms. The van der Waals surface area contributed by atoms with Crippen molar-refractivity contribution in [3.63, 3.8) is 0 Å². The molecule has 0 N–H and O–H groups in total. The van der Waals surface area contributed by atoms with E-state index < -0.39 is 6.17 Å². The molecule has 0 spiro atoms. The number of hydrogen-bond donors (Lipinski definition) is 0. The molecule has 32 heavy (non-hydrogen) atoms. The lowest BCUT2D eigenvalue weighted by Gasteiger charge is -2.41. The van der Waals surface area contributed by atoms with Crippen molar-refractivity contribution >= 4 is 23.4 Å². The summed E-state index contributed by atoms with van der Waals surface area (Å²) in [5.41, 5.74) is 1.83. The number of carbonyl (C=O) groups excluding carboxylic acids is 3. The van der Waals surface area contributed by atoms with Crippen LogP contribution in [0, 0.1) is 0 Å². The third-order valence-electron chi connectivity index (χ3n) is 6.15. The largest absolute Gasteiger partial charge is 0.493 e. The van der Waals surface area contributed by atoms with Crippen molar-refractivity contribution in [2.24, 2.45) is 0 Å². The zero-order valence-electron chi connectivity index (χ0n) is 17.9. The van der Waals surface area contributed by atoms with Crippen LogP contribution in [0.15, 0.2) is 36.4 Å². The van der Waals surface area contributed by atoms with Crippen molar-refractivity contribution in [2.75, 3.05) is 52.0 Å². The third kappa shape index (κ3) is 2.92. The molecule has 2 aromatic rings. The maximum atomic E-state index is 13.6. The molecule has 1 fully saturated rings. The van der Waals surface area contributed by atoms with Gasteiger partial charge in [0, 0.05) is 18.7 Å². The number of carbonyl (C=O) groups is 3. The van der Waals surface area contributed by atoms with E-state index in [1.54, 1.807) is 46.2 Å². The Morgan fingerprint density at radius 3 is 2.50 bits per heavy atom. The standard InChI is InChI=1S/C23H23N3O6/c1-30-17-8-7-15-19(20(17)31-2)23(29)26-16-6-4-3-5-14(16)22(28)25(21(15)26)13-18(27)24-9-11-32-12-10-24/h3-8,21H,9-13H2,1-2H3. The Hall–Kier alpha value is -3.59. The molecule has 0 aliphatic carbocycles. The van der Waals surface area contributed by atoms with Crippen LogP contribution in [-0.4, -0.2) is 74.6 Å². The molecule has 166 valence electrons. The highest BCUT2D eigenvalue weighted by Gasteiger charge is 2.50. The van der Waals surface area contributed by atoms with Gasteiger partial charge in [-0.25, -0.2) is 0 Å². The fraction of sp³-hybridized carbons (Fsp3) is 0.348. The molecule has 3 amide bonds. The van der Waals surface area contributed by atoms with E-state index in [4.69, 9.17) is 14.2 Å². The van der Waals surface area contributed by atoms with Crippen molar-refractivity contribution in [1.82, 2.24) is 9.80 Å². The molecule has 0 radical (unpaired) electrons. The summed E-state index contributed by atoms with van der Waals surface area (Å²) in [7, 11) is 2.98. The average molecular weight is 437 g/mol. The number of methoxy groups -OCH3 is 2. The number of ether oxygens (including phenoxy) is 3. The van der Waals surface area contributed by atoms with Crippen LogP contribution in [0.4, 0.5) is 5.69 Å². The summed E-state index contributed by atoms with van der Waals surface area (Å²) < 4.78 is 16.2. The summed E-state index contributed by atoms with van der Waals surface area (Å²) in [4.78, 5) is 44.9. The molecule has 5 rings (SSSR count). The second kappa shape index (κ2) is 7.83. The highest BCUT2D eigenvalue weighted by Crippen LogP contribution is 2.49. The normalized spacial score (nSPS) is 19.4. The monoisotopic (exact) mass is 437 g/mol. The number of para-hydroxylation sites is 1. The lowest BCUT2D eigenvalue weighted by Crippen LogP contribution is -2.53. The van der Waals surface area contributed by atoms with Crippen LogP contribution in [0.25, 0.3) is 0 Å². The van der Waals surface area contributed by atoms with Gasteiger partial charge < -0.3 is 24.0 Å². The van der Waals surface area contributed by atoms with Crippen molar-refractivity contribution in [3.8, 4) is 11.5 Å². The molecule has 0 aromatic heterocycles. The van der Waals surface area contributed by atoms with Gasteiger partial charge >= 0.3 is 0 Å². The molecule has 3 aliphatic heterocycles. The number of benzene rings is 2. The Morgan fingerprint density at radius 1 is 1.03 bits per heavy atom. The first-order chi connectivity index (χ1) is 15.6. The first kappa shape index (κ1) is 20.3. The van der Waals surface area contributed by atoms with Gasteiger partial charge in [-0.1, -0.05) is 18.2 Å². The van der Waals surface area contributed by atoms with Crippen molar-refractivity contribution in [3.05, 3.63) is 53.1 Å². The van der Waals surface area contributed by atoms with Crippen LogP contribution < -0.4 is 14.4 Å². The smallest absolute Gasteiger partial charge is 0.264 e. The summed E-state index contributed by atoms with van der Waals surface area (Å²) in [5.74, 6) is -0.0328. The Labute approximate surface area is 185 Å². The van der Waals surface area contributed by atoms with E-state index in [1.165, 1.54) is 19.1 Å². The van der Waals surface area contributed by atoms with E-state index >= 15 is 0 Å². The summed E-state index contributed by atoms with van der Waals surface area (Å²) in [6.07, 6.45) is -0.746. The average Bonchev–Trinajstić information content (AvgIpc) is 3.14. The van der Waals surface area contributed by atoms with Gasteiger partial charge in [0.1, 0.15) is 12.7 Å². The Bertz CT molecular complexity index is 1110. The van der Waals surface area contributed by atoms with Gasteiger partial charge in [0.15, 0.2) is 11.5 Å². The number of morpholine rings is 1. The number of anilines is 1. The molecule has 3 heterocycles. The van der Waals surface area contributed by atoms with Gasteiger partial charge in [-0.3, -0.25) is 19.3 Å². The predicted molar refractivity (Wildman–Crippen MR) is 114 cm³/mol. The van der Waals surface area contributed by atoms with E-state index in [0.717, 1.165) is 0 Å². The van der Waals surface area contributed by atoms with Gasteiger partial charge in [0.05, 0.1) is 44.2 Å². The molecular formula is C23H23N3O6. The lowest BCUT2D eigenvalue weighted by molar-refractivity contribution is -0.136. The highest BCUT2D eigenvalue weighted by atomic mass is 16.5. The maximum absolute atomic E-state index is 13.6. The van der Waals surface area contributed by atoms with Gasteiger partial charge in [-0.05, 0) is 18.2 Å². The number of fused-ring (bicyclic) bond motifs is 5. The van der Waals surface area contributed by atoms with Crippen LogP contribution in [0.3, 0.4) is 0 Å². The summed E-state index contributed by atoms with van der Waals surface area (Å²) in [5, 5.41) is 0. The molecule has 1 saturated heterocycles. The first-order valence-corrected chi connectivity index (χ1v) is 10.4. The van der Waals surface area contributed by atoms with Crippen molar-refractivity contribution < 1.29 is 28.6 Å². The Balaban J connectivity index is 1.62. The minimum absolute atomic E-state index is 0.143. The fourth-order valence-corrected chi connectivity index (χ4v) is 4.64. The number of rotatable bonds is 4. The number of nitrogens with zero attached hydrogens (tertiary/aromatic N) is 3. The van der Waals surface area contributed by atoms with E-state index in [1.807, 2.05) is 0 Å². The summed E-state index contributed by atoms with van der Waals surface area (Å²) in [6.45, 7) is 1.75. The summed E-state index contributed by atoms with van der Waals surface area (Å²) in [6, 6.07) is 10.4. The number of hydrogen-bond acceptors (Lipinski definition) is 6. The topological polar surface area (TPSA) is 88.6 Å². The van der Waals surface area contributed by atoms with Crippen LogP contribution in [0.1, 0.15) is 32.4 Å². The zero-order chi connectivity index (χ0) is 22.4. The second-order valence-electron chi connectivity index (χ2n) is 7.76. The maximum Gasteiger partial charge on any atom is 0.264 e. The SMILES string of the molecule is COc1ccc2c(c1OC)C(=O)N1c3ccccc3C(=O)N(CC(=O)N3CCOCC3)C21. The Kier molecular flexibility index (Phi) is 4.97. The lowest BCUT2D eigenvalue weighted by atomic mass is 10.0. The molecule has 9 nitrogen and oxygen atoms in total. The quantitative estimate of drug-likeness (QED) is 0.723. The fourth-order valence-electron chi connectivity index (χ4n) is 4.64. The molecule has 0 bridgehead atoms. The highest BCUT2D eigenvalue weighted by molar-refractivity contribution is 6.18. The van der Waals surface area contributed by atoms with E-state index in [0.29, 0.717) is 60.2 Å². The van der Waals surface area contributed by atoms with E-state index in [9.17, 15) is 14.4 Å². The zero-order valence-corrected chi connectivity index (χ0v) is 17.9. The first-order valence-electron chi connectivity index (χ1n) is 10.4. The van der Waals surface area contributed by atoms with Crippen LogP contribution in [0.5, 0.6) is 11.5 Å². The molecule has 2 aromatic carbocycles. The molecule has 1 unspecified atom stereocenters. The van der Waals surface area contributed by atoms with Gasteiger partial charge in [-0.15, -0.1) is 0 Å². The van der Waals surface area contributed by atoms with Crippen molar-refractivity contribution in [2.45, 2.75) is 6.17 Å². The van der Waals surface area contributed by atoms with Crippen LogP contribution >= 0.6 is 0 Å². The summed E-state index contributed by atoms with van der Waals surface area (Å²) >= 11 is 0. The van der Waals surface area contributed by atoms with Crippen LogP contribution in [-0.2, 0) is 9.53 Å². The molecule has 3 aliphatic rings. The van der Waals surface area contributed by atoms with Gasteiger partial charge in [0.25, 0.3) is 11.8 Å². The van der Waals surface area contributed by atoms with E-state index in [2.05, 4.69) is 0 Å². The molecule has 1 atom stereocenters. The van der Waals surface area contributed by atoms with Crippen LogP contribution in [0.2, 0.25) is 0 Å². The molecular weight excluding hydrogens is 414 g/mol. The molecule has 0 saturated carbocycles. The van der Waals surface area contributed by atoms with E-state index in [-0.39, 0.29) is 24.3 Å². The third-order valence-corrected chi connectivity index (χ3v) is 6.15. The van der Waals surface area contributed by atoms with Gasteiger partial charge in [-0.2, -0.15) is 0 Å². The van der Waals surface area contributed by atoms with Gasteiger partial charge in [0.2, 0.25) is 5.91 Å². The second-order valence-corrected chi connectivity index (χ2v) is 7.76. The Morgan fingerprint density at radius 2 is 1.78 bits per heavy atom. The van der Waals surface area contributed by atoms with Crippen molar-refractivity contribution in [1.29, 1.82) is 0 Å². The minimum atomic E-state index is -0.746.